The van der Waals surface area contributed by atoms with Gasteiger partial charge in [0.2, 0.25) is 0 Å². The SMILES string of the molecule is Cc1sc(C2CCN(C(=O)C(C)OC(=O)Nc3ccccc3)CC2)nc1-c1ccc(Br)cc1. The Morgan fingerprint density at radius 2 is 1.79 bits per heavy atom. The van der Waals surface area contributed by atoms with Gasteiger partial charge >= 0.3 is 6.09 Å². The van der Waals surface area contributed by atoms with E-state index in [0.29, 0.717) is 24.7 Å². The van der Waals surface area contributed by atoms with E-state index in [1.165, 1.54) is 4.88 Å². The summed E-state index contributed by atoms with van der Waals surface area (Å²) in [4.78, 5) is 32.8. The van der Waals surface area contributed by atoms with Crippen LogP contribution in [0, 0.1) is 6.92 Å². The molecule has 6 nitrogen and oxygen atoms in total. The van der Waals surface area contributed by atoms with E-state index in [1.54, 1.807) is 35.3 Å². The van der Waals surface area contributed by atoms with Crippen molar-refractivity contribution >= 4 is 45.0 Å². The summed E-state index contributed by atoms with van der Waals surface area (Å²) in [6, 6.07) is 17.2. The second-order valence-corrected chi connectivity index (χ2v) is 10.3. The second kappa shape index (κ2) is 10.5. The standard InChI is InChI=1S/C25H26BrN3O3S/c1-16(32-25(31)27-21-6-4-3-5-7-21)24(30)29-14-12-19(13-15-29)23-28-22(17(2)33-23)18-8-10-20(26)11-9-18/h3-11,16,19H,12-15H2,1-2H3,(H,27,31). The number of hydrogen-bond acceptors (Lipinski definition) is 5. The van der Waals surface area contributed by atoms with Crippen molar-refractivity contribution in [2.45, 2.75) is 38.7 Å². The van der Waals surface area contributed by atoms with Crippen LogP contribution in [0.4, 0.5) is 10.5 Å². The molecule has 1 atom stereocenters. The van der Waals surface area contributed by atoms with E-state index < -0.39 is 12.2 Å². The fourth-order valence-corrected chi connectivity index (χ4v) is 5.33. The number of carbonyl (C=O) groups is 2. The molecule has 0 radical (unpaired) electrons. The van der Waals surface area contributed by atoms with Gasteiger partial charge in [0.05, 0.1) is 10.7 Å². The molecule has 2 heterocycles. The van der Waals surface area contributed by atoms with Crippen molar-refractivity contribution in [1.29, 1.82) is 0 Å². The van der Waals surface area contributed by atoms with Gasteiger partial charge in [0.15, 0.2) is 6.10 Å². The van der Waals surface area contributed by atoms with Crippen LogP contribution < -0.4 is 5.32 Å². The number of para-hydroxylation sites is 1. The molecular formula is C25H26BrN3O3S. The highest BCUT2D eigenvalue weighted by atomic mass is 79.9. The monoisotopic (exact) mass is 527 g/mol. The van der Waals surface area contributed by atoms with Crippen LogP contribution in [0.1, 0.15) is 35.6 Å². The summed E-state index contributed by atoms with van der Waals surface area (Å²) in [5.41, 5.74) is 2.78. The van der Waals surface area contributed by atoms with Gasteiger partial charge in [-0.25, -0.2) is 9.78 Å². The van der Waals surface area contributed by atoms with Crippen LogP contribution in [-0.4, -0.2) is 41.1 Å². The molecule has 0 aliphatic carbocycles. The van der Waals surface area contributed by atoms with Crippen molar-refractivity contribution < 1.29 is 14.3 Å². The molecule has 0 saturated carbocycles. The Hall–Kier alpha value is -2.71. The molecule has 0 bridgehead atoms. The second-order valence-electron chi connectivity index (χ2n) is 8.10. The van der Waals surface area contributed by atoms with Gasteiger partial charge in [-0.1, -0.05) is 46.3 Å². The van der Waals surface area contributed by atoms with Crippen molar-refractivity contribution in [3.8, 4) is 11.3 Å². The zero-order valence-corrected chi connectivity index (χ0v) is 21.0. The summed E-state index contributed by atoms with van der Waals surface area (Å²) >= 11 is 5.22. The van der Waals surface area contributed by atoms with Crippen LogP contribution in [0.3, 0.4) is 0 Å². The number of benzene rings is 2. The average molecular weight is 528 g/mol. The molecule has 4 rings (SSSR count). The van der Waals surface area contributed by atoms with E-state index in [0.717, 1.165) is 33.6 Å². The molecule has 8 heteroatoms. The Labute approximate surface area is 206 Å². The minimum absolute atomic E-state index is 0.164. The third-order valence-corrected chi connectivity index (χ3v) is 7.40. The predicted octanol–water partition coefficient (Wildman–Crippen LogP) is 6.22. The number of ether oxygens (including phenoxy) is 1. The Balaban J connectivity index is 1.31. The summed E-state index contributed by atoms with van der Waals surface area (Å²) in [6.07, 6.45) is 0.232. The average Bonchev–Trinajstić information content (AvgIpc) is 3.21. The maximum Gasteiger partial charge on any atom is 0.412 e. The topological polar surface area (TPSA) is 71.5 Å². The minimum atomic E-state index is -0.837. The molecular weight excluding hydrogens is 502 g/mol. The van der Waals surface area contributed by atoms with Gasteiger partial charge in [-0.15, -0.1) is 11.3 Å². The predicted molar refractivity (Wildman–Crippen MR) is 135 cm³/mol. The van der Waals surface area contributed by atoms with Crippen LogP contribution in [0.2, 0.25) is 0 Å². The summed E-state index contributed by atoms with van der Waals surface area (Å²) in [6.45, 7) is 4.98. The zero-order valence-electron chi connectivity index (χ0n) is 18.6. The van der Waals surface area contributed by atoms with Crippen LogP contribution in [0.15, 0.2) is 59.1 Å². The lowest BCUT2D eigenvalue weighted by atomic mass is 9.97. The van der Waals surface area contributed by atoms with Gasteiger partial charge in [-0.2, -0.15) is 0 Å². The lowest BCUT2D eigenvalue weighted by Gasteiger charge is -2.32. The molecule has 1 aliphatic rings. The van der Waals surface area contributed by atoms with E-state index >= 15 is 0 Å². The van der Waals surface area contributed by atoms with Crippen molar-refractivity contribution in [3.05, 3.63) is 69.0 Å². The molecule has 1 saturated heterocycles. The van der Waals surface area contributed by atoms with Crippen molar-refractivity contribution in [3.63, 3.8) is 0 Å². The molecule has 2 amide bonds. The fraction of sp³-hybridized carbons (Fsp3) is 0.320. The highest BCUT2D eigenvalue weighted by Gasteiger charge is 2.30. The minimum Gasteiger partial charge on any atom is -0.436 e. The lowest BCUT2D eigenvalue weighted by Crippen LogP contribution is -2.44. The normalized spacial score (nSPS) is 15.2. The third-order valence-electron chi connectivity index (χ3n) is 5.74. The quantitative estimate of drug-likeness (QED) is 0.427. The van der Waals surface area contributed by atoms with E-state index in [-0.39, 0.29) is 5.91 Å². The number of rotatable bonds is 5. The van der Waals surface area contributed by atoms with Crippen molar-refractivity contribution in [2.24, 2.45) is 0 Å². The maximum absolute atomic E-state index is 12.8. The number of likely N-dealkylation sites (tertiary alicyclic amines) is 1. The number of hydrogen-bond donors (Lipinski definition) is 1. The molecule has 3 aromatic rings. The van der Waals surface area contributed by atoms with E-state index in [1.807, 2.05) is 30.3 Å². The Bertz CT molecular complexity index is 1110. The van der Waals surface area contributed by atoms with Gasteiger partial charge < -0.3 is 9.64 Å². The number of thiazole rings is 1. The molecule has 172 valence electrons. The highest BCUT2D eigenvalue weighted by molar-refractivity contribution is 9.10. The number of carbonyl (C=O) groups excluding carboxylic acids is 2. The Morgan fingerprint density at radius 3 is 2.45 bits per heavy atom. The number of nitrogens with zero attached hydrogens (tertiary/aromatic N) is 2. The first kappa shape index (κ1) is 23.4. The van der Waals surface area contributed by atoms with Gasteiger partial charge in [0.25, 0.3) is 5.91 Å². The Morgan fingerprint density at radius 1 is 1.12 bits per heavy atom. The summed E-state index contributed by atoms with van der Waals surface area (Å²) < 4.78 is 6.35. The van der Waals surface area contributed by atoms with Crippen LogP contribution in [0.25, 0.3) is 11.3 Å². The first-order valence-electron chi connectivity index (χ1n) is 11.0. The van der Waals surface area contributed by atoms with E-state index in [9.17, 15) is 9.59 Å². The molecule has 1 aliphatic heterocycles. The molecule has 1 unspecified atom stereocenters. The largest absolute Gasteiger partial charge is 0.436 e. The zero-order chi connectivity index (χ0) is 23.4. The van der Waals surface area contributed by atoms with Crippen molar-refractivity contribution in [1.82, 2.24) is 9.88 Å². The maximum atomic E-state index is 12.8. The summed E-state index contributed by atoms with van der Waals surface area (Å²) in [7, 11) is 0. The van der Waals surface area contributed by atoms with Gasteiger partial charge in [-0.3, -0.25) is 10.1 Å². The Kier molecular flexibility index (Phi) is 7.45. The first-order valence-corrected chi connectivity index (χ1v) is 12.6. The molecule has 1 fully saturated rings. The molecule has 0 spiro atoms. The van der Waals surface area contributed by atoms with Gasteiger partial charge in [0, 0.05) is 39.6 Å². The highest BCUT2D eigenvalue weighted by Crippen LogP contribution is 2.36. The van der Waals surface area contributed by atoms with Crippen LogP contribution in [-0.2, 0) is 9.53 Å². The number of halogens is 1. The molecule has 1 N–H and O–H groups in total. The van der Waals surface area contributed by atoms with Gasteiger partial charge in [-0.05, 0) is 51.0 Å². The number of amides is 2. The number of piperidine rings is 1. The smallest absolute Gasteiger partial charge is 0.412 e. The van der Waals surface area contributed by atoms with Crippen LogP contribution >= 0.6 is 27.3 Å². The van der Waals surface area contributed by atoms with Crippen LogP contribution in [0.5, 0.6) is 0 Å². The fourth-order valence-electron chi connectivity index (χ4n) is 3.95. The van der Waals surface area contributed by atoms with E-state index in [4.69, 9.17) is 9.72 Å². The summed E-state index contributed by atoms with van der Waals surface area (Å²) in [5, 5.41) is 3.77. The molecule has 2 aromatic carbocycles. The van der Waals surface area contributed by atoms with Crippen molar-refractivity contribution in [2.75, 3.05) is 18.4 Å². The number of nitrogens with one attached hydrogen (secondary N) is 1. The number of aryl methyl sites for hydroxylation is 1. The van der Waals surface area contributed by atoms with Gasteiger partial charge in [0.1, 0.15) is 0 Å². The summed E-state index contributed by atoms with van der Waals surface area (Å²) in [5.74, 6) is 0.169. The number of aromatic nitrogens is 1. The number of anilines is 1. The first-order chi connectivity index (χ1) is 15.9. The van der Waals surface area contributed by atoms with E-state index in [2.05, 4.69) is 40.3 Å². The third kappa shape index (κ3) is 5.81. The molecule has 1 aromatic heterocycles. The molecule has 33 heavy (non-hydrogen) atoms. The lowest BCUT2D eigenvalue weighted by molar-refractivity contribution is -0.140.